The zero-order valence-corrected chi connectivity index (χ0v) is 11.6. The zero-order valence-electron chi connectivity index (χ0n) is 11.6. The number of carboxylic acid groups (broad SMARTS) is 1. The third-order valence-electron chi connectivity index (χ3n) is 3.62. The minimum atomic E-state index is -0.977. The molecule has 1 aliphatic heterocycles. The molecule has 1 aromatic carbocycles. The molecule has 0 aromatic heterocycles. The zero-order chi connectivity index (χ0) is 14.9. The Morgan fingerprint density at radius 3 is 2.25 bits per heavy atom. The number of carboxylic acids is 1. The maximum atomic E-state index is 11.8. The Bertz CT molecular complexity index is 520. The van der Waals surface area contributed by atoms with Gasteiger partial charge < -0.3 is 19.5 Å². The lowest BCUT2D eigenvalue weighted by atomic mass is 9.93. The predicted octanol–water partition coefficient (Wildman–Crippen LogP) is 1.31. The summed E-state index contributed by atoms with van der Waals surface area (Å²) in [5, 5.41) is 9.29. The molecular formula is C14H17NO5. The number of aliphatic carboxylic acids is 1. The molecule has 1 amide bonds. The predicted molar refractivity (Wildman–Crippen MR) is 70.8 cm³/mol. The lowest BCUT2D eigenvalue weighted by Gasteiger charge is -2.24. The van der Waals surface area contributed by atoms with Crippen LogP contribution in [0.2, 0.25) is 0 Å². The molecule has 2 rings (SSSR count). The summed E-state index contributed by atoms with van der Waals surface area (Å²) in [6, 6.07) is 4.66. The minimum Gasteiger partial charge on any atom is -0.497 e. The molecule has 0 spiro atoms. The Balaban J connectivity index is 2.47. The van der Waals surface area contributed by atoms with Crippen molar-refractivity contribution in [1.82, 2.24) is 4.90 Å². The smallest absolute Gasteiger partial charge is 0.309 e. The number of ether oxygens (including phenoxy) is 2. The topological polar surface area (TPSA) is 76.1 Å². The Kier molecular flexibility index (Phi) is 3.83. The van der Waals surface area contributed by atoms with Crippen LogP contribution in [0.1, 0.15) is 18.0 Å². The summed E-state index contributed by atoms with van der Waals surface area (Å²) in [6.45, 7) is 0. The van der Waals surface area contributed by atoms with E-state index in [-0.39, 0.29) is 12.3 Å². The van der Waals surface area contributed by atoms with Gasteiger partial charge in [0, 0.05) is 19.5 Å². The Labute approximate surface area is 116 Å². The minimum absolute atomic E-state index is 0.00995. The van der Waals surface area contributed by atoms with Gasteiger partial charge in [-0.2, -0.15) is 0 Å². The second kappa shape index (κ2) is 5.40. The van der Waals surface area contributed by atoms with Gasteiger partial charge in [-0.3, -0.25) is 9.59 Å². The van der Waals surface area contributed by atoms with Gasteiger partial charge in [0.15, 0.2) is 0 Å². The first kappa shape index (κ1) is 14.2. The molecule has 0 saturated carbocycles. The molecule has 1 aliphatic rings. The molecule has 1 N–H and O–H groups in total. The summed E-state index contributed by atoms with van der Waals surface area (Å²) in [5.74, 6) is -0.782. The van der Waals surface area contributed by atoms with Crippen LogP contribution in [0.4, 0.5) is 0 Å². The maximum absolute atomic E-state index is 11.8. The van der Waals surface area contributed by atoms with Crippen LogP contribution in [-0.4, -0.2) is 43.2 Å². The molecule has 6 heteroatoms. The van der Waals surface area contributed by atoms with Gasteiger partial charge in [-0.05, 0) is 17.7 Å². The molecule has 1 fully saturated rings. The lowest BCUT2D eigenvalue weighted by Crippen LogP contribution is -2.26. The molecule has 0 aliphatic carbocycles. The van der Waals surface area contributed by atoms with Crippen molar-refractivity contribution in [2.45, 2.75) is 12.5 Å². The van der Waals surface area contributed by atoms with E-state index in [1.165, 1.54) is 19.1 Å². The van der Waals surface area contributed by atoms with Gasteiger partial charge in [0.25, 0.3) is 0 Å². The molecule has 2 atom stereocenters. The molecule has 1 aromatic rings. The third-order valence-corrected chi connectivity index (χ3v) is 3.62. The lowest BCUT2D eigenvalue weighted by molar-refractivity contribution is -0.142. The van der Waals surface area contributed by atoms with Gasteiger partial charge in [-0.1, -0.05) is 0 Å². The number of hydrogen-bond donors (Lipinski definition) is 1. The van der Waals surface area contributed by atoms with Gasteiger partial charge in [-0.15, -0.1) is 0 Å². The molecule has 1 heterocycles. The van der Waals surface area contributed by atoms with E-state index >= 15 is 0 Å². The summed E-state index contributed by atoms with van der Waals surface area (Å²) in [6.07, 6.45) is 0.00995. The quantitative estimate of drug-likeness (QED) is 0.899. The van der Waals surface area contributed by atoms with E-state index in [1.54, 1.807) is 25.2 Å². The Hall–Kier alpha value is -2.24. The summed E-state index contributed by atoms with van der Waals surface area (Å²) in [5.41, 5.74) is 0.696. The Morgan fingerprint density at radius 2 is 1.80 bits per heavy atom. The summed E-state index contributed by atoms with van der Waals surface area (Å²) in [4.78, 5) is 24.6. The van der Waals surface area contributed by atoms with Gasteiger partial charge in [0.05, 0.1) is 26.2 Å². The van der Waals surface area contributed by atoms with Crippen molar-refractivity contribution in [3.8, 4) is 11.5 Å². The van der Waals surface area contributed by atoms with Crippen LogP contribution in [0.15, 0.2) is 18.2 Å². The number of carbonyl (C=O) groups is 2. The standard InChI is InChI=1S/C14H17NO5/c1-15-12(16)7-11(14(17)18)13(15)8-4-9(19-2)6-10(5-8)20-3/h4-6,11,13H,7H2,1-3H3,(H,17,18). The number of carbonyl (C=O) groups excluding carboxylic acids is 1. The molecule has 0 bridgehead atoms. The number of rotatable bonds is 4. The van der Waals surface area contributed by atoms with Crippen LogP contribution in [0.5, 0.6) is 11.5 Å². The molecule has 6 nitrogen and oxygen atoms in total. The molecule has 1 saturated heterocycles. The second-order valence-corrected chi connectivity index (χ2v) is 4.74. The SMILES string of the molecule is COc1cc(OC)cc(C2C(C(=O)O)CC(=O)N2C)c1. The molecule has 20 heavy (non-hydrogen) atoms. The Morgan fingerprint density at radius 1 is 1.25 bits per heavy atom. The number of nitrogens with zero attached hydrogens (tertiary/aromatic N) is 1. The number of amides is 1. The van der Waals surface area contributed by atoms with Crippen LogP contribution in [-0.2, 0) is 9.59 Å². The summed E-state index contributed by atoms with van der Waals surface area (Å²) >= 11 is 0. The van der Waals surface area contributed by atoms with Crippen molar-refractivity contribution < 1.29 is 24.2 Å². The van der Waals surface area contributed by atoms with Gasteiger partial charge >= 0.3 is 5.97 Å². The monoisotopic (exact) mass is 279 g/mol. The van der Waals surface area contributed by atoms with Crippen molar-refractivity contribution in [3.63, 3.8) is 0 Å². The van der Waals surface area contributed by atoms with E-state index in [1.807, 2.05) is 0 Å². The number of benzene rings is 1. The van der Waals surface area contributed by atoms with E-state index in [2.05, 4.69) is 0 Å². The highest BCUT2D eigenvalue weighted by molar-refractivity contribution is 5.87. The fourth-order valence-electron chi connectivity index (χ4n) is 2.55. The first-order valence-corrected chi connectivity index (χ1v) is 6.19. The second-order valence-electron chi connectivity index (χ2n) is 4.74. The van der Waals surface area contributed by atoms with E-state index in [4.69, 9.17) is 9.47 Å². The largest absolute Gasteiger partial charge is 0.497 e. The van der Waals surface area contributed by atoms with Crippen molar-refractivity contribution in [2.75, 3.05) is 21.3 Å². The van der Waals surface area contributed by atoms with E-state index < -0.39 is 17.9 Å². The van der Waals surface area contributed by atoms with E-state index in [0.717, 1.165) is 0 Å². The maximum Gasteiger partial charge on any atom is 0.309 e. The van der Waals surface area contributed by atoms with Crippen molar-refractivity contribution in [3.05, 3.63) is 23.8 Å². The highest BCUT2D eigenvalue weighted by Crippen LogP contribution is 2.39. The number of hydrogen-bond acceptors (Lipinski definition) is 4. The average molecular weight is 279 g/mol. The normalized spacial score (nSPS) is 21.9. The number of likely N-dealkylation sites (tertiary alicyclic amines) is 1. The van der Waals surface area contributed by atoms with E-state index in [0.29, 0.717) is 17.1 Å². The van der Waals surface area contributed by atoms with Gasteiger partial charge in [-0.25, -0.2) is 0 Å². The van der Waals surface area contributed by atoms with Crippen LogP contribution in [0, 0.1) is 5.92 Å². The summed E-state index contributed by atoms with van der Waals surface area (Å²) in [7, 11) is 4.66. The van der Waals surface area contributed by atoms with Gasteiger partial charge in [0.2, 0.25) is 5.91 Å². The van der Waals surface area contributed by atoms with Crippen molar-refractivity contribution >= 4 is 11.9 Å². The van der Waals surface area contributed by atoms with Crippen molar-refractivity contribution in [1.29, 1.82) is 0 Å². The first-order chi connectivity index (χ1) is 9.47. The highest BCUT2D eigenvalue weighted by atomic mass is 16.5. The molecule has 108 valence electrons. The summed E-state index contributed by atoms with van der Waals surface area (Å²) < 4.78 is 10.4. The average Bonchev–Trinajstić information content (AvgIpc) is 2.74. The molecule has 0 radical (unpaired) electrons. The van der Waals surface area contributed by atoms with Crippen LogP contribution in [0.3, 0.4) is 0 Å². The van der Waals surface area contributed by atoms with Crippen LogP contribution in [0.25, 0.3) is 0 Å². The molecular weight excluding hydrogens is 262 g/mol. The third kappa shape index (κ3) is 2.41. The first-order valence-electron chi connectivity index (χ1n) is 6.19. The number of methoxy groups -OCH3 is 2. The fourth-order valence-corrected chi connectivity index (χ4v) is 2.55. The fraction of sp³-hybridized carbons (Fsp3) is 0.429. The van der Waals surface area contributed by atoms with Gasteiger partial charge in [0.1, 0.15) is 11.5 Å². The van der Waals surface area contributed by atoms with Crippen molar-refractivity contribution in [2.24, 2.45) is 5.92 Å². The van der Waals surface area contributed by atoms with Crippen LogP contribution >= 0.6 is 0 Å². The molecule has 2 unspecified atom stereocenters. The van der Waals surface area contributed by atoms with E-state index in [9.17, 15) is 14.7 Å². The highest BCUT2D eigenvalue weighted by Gasteiger charge is 2.43. The van der Waals surface area contributed by atoms with Crippen LogP contribution < -0.4 is 9.47 Å².